The maximum absolute atomic E-state index is 11.8. The molecule has 1 aromatic rings. The molecule has 6 nitrogen and oxygen atoms in total. The Labute approximate surface area is 95.9 Å². The Kier molecular flexibility index (Phi) is 4.45. The van der Waals surface area contributed by atoms with E-state index in [9.17, 15) is 8.42 Å². The number of sulfonamides is 1. The van der Waals surface area contributed by atoms with Crippen molar-refractivity contribution in [1.82, 2.24) is 14.5 Å². The molecule has 1 unspecified atom stereocenters. The van der Waals surface area contributed by atoms with Gasteiger partial charge < -0.3 is 5.73 Å². The largest absolute Gasteiger partial charge is 0.329 e. The van der Waals surface area contributed by atoms with Crippen molar-refractivity contribution in [1.29, 1.82) is 0 Å². The molecule has 0 saturated heterocycles. The van der Waals surface area contributed by atoms with Crippen molar-refractivity contribution in [3.63, 3.8) is 0 Å². The van der Waals surface area contributed by atoms with E-state index in [1.807, 2.05) is 0 Å². The van der Waals surface area contributed by atoms with Crippen LogP contribution < -0.4 is 10.5 Å². The van der Waals surface area contributed by atoms with Gasteiger partial charge in [-0.3, -0.25) is 4.68 Å². The second-order valence-corrected chi connectivity index (χ2v) is 5.62. The first-order chi connectivity index (χ1) is 7.51. The number of aryl methyl sites for hydroxylation is 1. The maximum Gasteiger partial charge on any atom is 0.216 e. The van der Waals surface area contributed by atoms with Gasteiger partial charge in [-0.15, -0.1) is 0 Å². The van der Waals surface area contributed by atoms with E-state index in [2.05, 4.69) is 9.82 Å². The Bertz CT molecular complexity index is 422. The summed E-state index contributed by atoms with van der Waals surface area (Å²) in [5.41, 5.74) is 6.23. The van der Waals surface area contributed by atoms with E-state index >= 15 is 0 Å². The highest BCUT2D eigenvalue weighted by molar-refractivity contribution is 7.90. The van der Waals surface area contributed by atoms with Crippen LogP contribution in [0.4, 0.5) is 0 Å². The first-order valence-electron chi connectivity index (χ1n) is 5.16. The zero-order valence-corrected chi connectivity index (χ0v) is 10.4. The summed E-state index contributed by atoms with van der Waals surface area (Å²) >= 11 is 0. The monoisotopic (exact) mass is 246 g/mol. The van der Waals surface area contributed by atoms with Crippen LogP contribution in [-0.2, 0) is 23.6 Å². The second kappa shape index (κ2) is 5.42. The van der Waals surface area contributed by atoms with Crippen LogP contribution in [0.5, 0.6) is 0 Å². The molecular formula is C9H18N4O2S. The van der Waals surface area contributed by atoms with Crippen molar-refractivity contribution in [3.05, 3.63) is 18.0 Å². The molecule has 1 atom stereocenters. The molecule has 0 aliphatic rings. The summed E-state index contributed by atoms with van der Waals surface area (Å²) in [5, 5.41) is 3.43. The zero-order chi connectivity index (χ0) is 12.2. The highest BCUT2D eigenvalue weighted by atomic mass is 32.2. The number of hydrogen-bond acceptors (Lipinski definition) is 4. The van der Waals surface area contributed by atoms with Crippen molar-refractivity contribution < 1.29 is 8.42 Å². The third-order valence-corrected chi connectivity index (χ3v) is 4.48. The van der Waals surface area contributed by atoms with Crippen molar-refractivity contribution in [2.24, 2.45) is 12.8 Å². The lowest BCUT2D eigenvalue weighted by molar-refractivity contribution is 0.557. The normalized spacial score (nSPS) is 13.9. The Morgan fingerprint density at radius 3 is 2.75 bits per heavy atom. The molecule has 92 valence electrons. The Balaban J connectivity index is 2.64. The van der Waals surface area contributed by atoms with E-state index < -0.39 is 15.3 Å². The summed E-state index contributed by atoms with van der Waals surface area (Å²) in [6.07, 6.45) is 2.14. The summed E-state index contributed by atoms with van der Waals surface area (Å²) < 4.78 is 27.7. The van der Waals surface area contributed by atoms with Crippen molar-refractivity contribution in [2.75, 3.05) is 6.54 Å². The van der Waals surface area contributed by atoms with Gasteiger partial charge in [-0.2, -0.15) is 5.10 Å². The molecule has 0 aliphatic carbocycles. The van der Waals surface area contributed by atoms with E-state index in [4.69, 9.17) is 5.73 Å². The minimum absolute atomic E-state index is 0.136. The van der Waals surface area contributed by atoms with Crippen LogP contribution in [0.15, 0.2) is 12.3 Å². The molecule has 0 saturated carbocycles. The third-order valence-electron chi connectivity index (χ3n) is 2.53. The molecule has 7 heteroatoms. The molecular weight excluding hydrogens is 228 g/mol. The Morgan fingerprint density at radius 1 is 1.62 bits per heavy atom. The van der Waals surface area contributed by atoms with Gasteiger partial charge in [0.05, 0.1) is 17.5 Å². The summed E-state index contributed by atoms with van der Waals surface area (Å²) in [6, 6.07) is 1.77. The fourth-order valence-electron chi connectivity index (χ4n) is 1.38. The van der Waals surface area contributed by atoms with Gasteiger partial charge in [-0.05, 0) is 12.5 Å². The SMILES string of the molecule is CCC(CN)S(=O)(=O)NCc1ccnn1C. The number of nitrogens with one attached hydrogen (secondary N) is 1. The van der Waals surface area contributed by atoms with E-state index in [-0.39, 0.29) is 13.1 Å². The quantitative estimate of drug-likeness (QED) is 0.713. The molecule has 16 heavy (non-hydrogen) atoms. The fourth-order valence-corrected chi connectivity index (χ4v) is 2.66. The van der Waals surface area contributed by atoms with Crippen LogP contribution >= 0.6 is 0 Å². The number of nitrogens with zero attached hydrogens (tertiary/aromatic N) is 2. The predicted molar refractivity (Wildman–Crippen MR) is 62.1 cm³/mol. The molecule has 0 spiro atoms. The van der Waals surface area contributed by atoms with Gasteiger partial charge in [0.2, 0.25) is 10.0 Å². The molecule has 0 bridgehead atoms. The molecule has 1 rings (SSSR count). The van der Waals surface area contributed by atoms with Crippen LogP contribution in [0, 0.1) is 0 Å². The van der Waals surface area contributed by atoms with Crippen LogP contribution in [0.2, 0.25) is 0 Å². The lowest BCUT2D eigenvalue weighted by atomic mass is 10.3. The molecule has 1 aromatic heterocycles. The predicted octanol–water partition coefficient (Wildman–Crippen LogP) is -0.423. The van der Waals surface area contributed by atoms with E-state index in [1.54, 1.807) is 30.9 Å². The molecule has 0 fully saturated rings. The topological polar surface area (TPSA) is 90.0 Å². The number of hydrogen-bond donors (Lipinski definition) is 2. The minimum Gasteiger partial charge on any atom is -0.329 e. The lowest BCUT2D eigenvalue weighted by Crippen LogP contribution is -2.38. The summed E-state index contributed by atoms with van der Waals surface area (Å²) in [4.78, 5) is 0. The first kappa shape index (κ1) is 13.1. The summed E-state index contributed by atoms with van der Waals surface area (Å²) in [7, 11) is -1.56. The van der Waals surface area contributed by atoms with Crippen LogP contribution in [0.3, 0.4) is 0 Å². The van der Waals surface area contributed by atoms with Crippen molar-refractivity contribution >= 4 is 10.0 Å². The average molecular weight is 246 g/mol. The van der Waals surface area contributed by atoms with Crippen LogP contribution in [0.25, 0.3) is 0 Å². The van der Waals surface area contributed by atoms with Gasteiger partial charge >= 0.3 is 0 Å². The van der Waals surface area contributed by atoms with Gasteiger partial charge in [0.25, 0.3) is 0 Å². The summed E-state index contributed by atoms with van der Waals surface area (Å²) in [5.74, 6) is 0. The third kappa shape index (κ3) is 3.03. The highest BCUT2D eigenvalue weighted by Crippen LogP contribution is 2.04. The standard InChI is InChI=1S/C9H18N4O2S/c1-3-9(6-10)16(14,15)12-7-8-4-5-11-13(8)2/h4-5,9,12H,3,6-7,10H2,1-2H3. The molecule has 0 aromatic carbocycles. The van der Waals surface area contributed by atoms with Gasteiger partial charge in [-0.1, -0.05) is 6.92 Å². The molecule has 0 aliphatic heterocycles. The van der Waals surface area contributed by atoms with Crippen LogP contribution in [0.1, 0.15) is 19.0 Å². The number of aromatic nitrogens is 2. The van der Waals surface area contributed by atoms with E-state index in [1.165, 1.54) is 0 Å². The fraction of sp³-hybridized carbons (Fsp3) is 0.667. The molecule has 1 heterocycles. The summed E-state index contributed by atoms with van der Waals surface area (Å²) in [6.45, 7) is 2.19. The zero-order valence-electron chi connectivity index (χ0n) is 9.55. The van der Waals surface area contributed by atoms with Crippen LogP contribution in [-0.4, -0.2) is 30.0 Å². The van der Waals surface area contributed by atoms with E-state index in [0.29, 0.717) is 6.42 Å². The van der Waals surface area contributed by atoms with Crippen molar-refractivity contribution in [2.45, 2.75) is 25.1 Å². The Morgan fingerprint density at radius 2 is 2.31 bits per heavy atom. The smallest absolute Gasteiger partial charge is 0.216 e. The van der Waals surface area contributed by atoms with Gasteiger partial charge in [0.15, 0.2) is 0 Å². The maximum atomic E-state index is 11.8. The van der Waals surface area contributed by atoms with Crippen molar-refractivity contribution in [3.8, 4) is 0 Å². The van der Waals surface area contributed by atoms with Gasteiger partial charge in [0.1, 0.15) is 0 Å². The first-order valence-corrected chi connectivity index (χ1v) is 6.71. The minimum atomic E-state index is -3.33. The average Bonchev–Trinajstić information content (AvgIpc) is 2.62. The lowest BCUT2D eigenvalue weighted by Gasteiger charge is -2.14. The van der Waals surface area contributed by atoms with E-state index in [0.717, 1.165) is 5.69 Å². The highest BCUT2D eigenvalue weighted by Gasteiger charge is 2.21. The number of rotatable bonds is 6. The van der Waals surface area contributed by atoms with Gasteiger partial charge in [0, 0.05) is 19.8 Å². The Hall–Kier alpha value is -0.920. The number of nitrogens with two attached hydrogens (primary N) is 1. The second-order valence-electron chi connectivity index (χ2n) is 3.58. The molecule has 0 amide bonds. The molecule has 3 N–H and O–H groups in total. The molecule has 0 radical (unpaired) electrons. The van der Waals surface area contributed by atoms with Gasteiger partial charge in [-0.25, -0.2) is 13.1 Å².